The van der Waals surface area contributed by atoms with Gasteiger partial charge in [0, 0.05) is 23.6 Å². The second-order valence-corrected chi connectivity index (χ2v) is 5.86. The summed E-state index contributed by atoms with van der Waals surface area (Å²) < 4.78 is 18.3. The smallest absolute Gasteiger partial charge is 0.261 e. The van der Waals surface area contributed by atoms with E-state index in [4.69, 9.17) is 4.52 Å². The second kappa shape index (κ2) is 7.65. The number of amides is 1. The molecule has 1 aromatic heterocycles. The number of aromatic nitrogens is 1. The van der Waals surface area contributed by atoms with E-state index in [1.807, 2.05) is 31.2 Å². The lowest BCUT2D eigenvalue weighted by Gasteiger charge is -2.08. The van der Waals surface area contributed by atoms with Crippen LogP contribution in [0.2, 0.25) is 0 Å². The molecular weight excluding hydrogens is 333 g/mol. The molecule has 6 heteroatoms. The minimum atomic E-state index is -0.396. The molecule has 1 amide bonds. The molecule has 0 bridgehead atoms. The largest absolute Gasteiger partial charge is 0.361 e. The van der Waals surface area contributed by atoms with Gasteiger partial charge in [-0.3, -0.25) is 4.79 Å². The van der Waals surface area contributed by atoms with Crippen molar-refractivity contribution in [3.8, 4) is 0 Å². The van der Waals surface area contributed by atoms with Crippen LogP contribution in [0.5, 0.6) is 0 Å². The lowest BCUT2D eigenvalue weighted by atomic mass is 10.1. The summed E-state index contributed by atoms with van der Waals surface area (Å²) in [4.78, 5) is 12.7. The fourth-order valence-corrected chi connectivity index (χ4v) is 2.28. The molecular formula is C20H18FN3O2. The third-order valence-corrected chi connectivity index (χ3v) is 3.67. The Kier molecular flexibility index (Phi) is 5.12. The fraction of sp³-hybridized carbons (Fsp3) is 0.100. The number of aryl methyl sites for hydroxylation is 2. The average molecular weight is 351 g/mol. The van der Waals surface area contributed by atoms with E-state index in [0.29, 0.717) is 17.1 Å². The van der Waals surface area contributed by atoms with E-state index < -0.39 is 5.91 Å². The Morgan fingerprint density at radius 1 is 1.04 bits per heavy atom. The molecule has 0 fully saturated rings. The number of carbonyl (C=O) groups excluding carboxylic acids is 1. The molecule has 26 heavy (non-hydrogen) atoms. The Hall–Kier alpha value is -3.41. The van der Waals surface area contributed by atoms with Crippen LogP contribution < -0.4 is 10.6 Å². The second-order valence-electron chi connectivity index (χ2n) is 5.86. The standard InChI is InChI=1S/C20H18FN3O2/c1-13-3-7-16(8-4-13)22-12-18(19-11-14(2)24-26-19)20(25)23-17-9-5-15(21)6-10-17/h3-12,22H,1-2H3,(H,23,25)/b18-12-. The first-order valence-electron chi connectivity index (χ1n) is 8.05. The van der Waals surface area contributed by atoms with Crippen LogP contribution in [0.3, 0.4) is 0 Å². The highest BCUT2D eigenvalue weighted by Crippen LogP contribution is 2.20. The summed E-state index contributed by atoms with van der Waals surface area (Å²) in [7, 11) is 0. The third kappa shape index (κ3) is 4.36. The highest BCUT2D eigenvalue weighted by molar-refractivity contribution is 6.24. The summed E-state index contributed by atoms with van der Waals surface area (Å²) in [6, 6.07) is 15.0. The van der Waals surface area contributed by atoms with Gasteiger partial charge in [0.05, 0.1) is 5.69 Å². The Balaban J connectivity index is 1.84. The Bertz CT molecular complexity index is 928. The van der Waals surface area contributed by atoms with Gasteiger partial charge >= 0.3 is 0 Å². The van der Waals surface area contributed by atoms with Crippen LogP contribution in [0.15, 0.2) is 65.3 Å². The molecule has 0 saturated heterocycles. The van der Waals surface area contributed by atoms with Crippen molar-refractivity contribution in [1.82, 2.24) is 5.16 Å². The molecule has 2 aromatic carbocycles. The van der Waals surface area contributed by atoms with Gasteiger partial charge in [-0.15, -0.1) is 0 Å². The Morgan fingerprint density at radius 2 is 1.69 bits per heavy atom. The van der Waals surface area contributed by atoms with Gasteiger partial charge in [-0.1, -0.05) is 22.9 Å². The van der Waals surface area contributed by atoms with Crippen LogP contribution in [0.25, 0.3) is 5.57 Å². The fourth-order valence-electron chi connectivity index (χ4n) is 2.28. The SMILES string of the molecule is Cc1ccc(N/C=C(\C(=O)Nc2ccc(F)cc2)c2cc(C)no2)cc1. The number of hydrogen-bond acceptors (Lipinski definition) is 4. The van der Waals surface area contributed by atoms with E-state index in [2.05, 4.69) is 15.8 Å². The van der Waals surface area contributed by atoms with Gasteiger partial charge in [0.15, 0.2) is 5.76 Å². The van der Waals surface area contributed by atoms with E-state index >= 15 is 0 Å². The lowest BCUT2D eigenvalue weighted by Crippen LogP contribution is -2.14. The van der Waals surface area contributed by atoms with Gasteiger partial charge < -0.3 is 15.2 Å². The summed E-state index contributed by atoms with van der Waals surface area (Å²) >= 11 is 0. The van der Waals surface area contributed by atoms with Crippen LogP contribution in [0, 0.1) is 19.7 Å². The summed E-state index contributed by atoms with van der Waals surface area (Å²) in [5.74, 6) is -0.431. The summed E-state index contributed by atoms with van der Waals surface area (Å²) in [5.41, 5.74) is 3.39. The molecule has 0 aliphatic heterocycles. The monoisotopic (exact) mass is 351 g/mol. The van der Waals surface area contributed by atoms with Gasteiger partial charge in [-0.25, -0.2) is 4.39 Å². The first-order chi connectivity index (χ1) is 12.5. The molecule has 0 aliphatic carbocycles. The van der Waals surface area contributed by atoms with Crippen molar-refractivity contribution in [3.63, 3.8) is 0 Å². The Morgan fingerprint density at radius 3 is 2.31 bits per heavy atom. The van der Waals surface area contributed by atoms with Crippen molar-refractivity contribution in [2.75, 3.05) is 10.6 Å². The highest BCUT2D eigenvalue weighted by atomic mass is 19.1. The van der Waals surface area contributed by atoms with Crippen molar-refractivity contribution in [3.05, 3.63) is 83.6 Å². The number of benzene rings is 2. The predicted octanol–water partition coefficient (Wildman–Crippen LogP) is 4.52. The van der Waals surface area contributed by atoms with Crippen LogP contribution in [-0.4, -0.2) is 11.1 Å². The van der Waals surface area contributed by atoms with Crippen molar-refractivity contribution < 1.29 is 13.7 Å². The van der Waals surface area contributed by atoms with E-state index in [0.717, 1.165) is 11.3 Å². The number of rotatable bonds is 5. The van der Waals surface area contributed by atoms with Crippen LogP contribution in [0.1, 0.15) is 17.0 Å². The zero-order chi connectivity index (χ0) is 18.5. The number of anilines is 2. The van der Waals surface area contributed by atoms with E-state index in [1.165, 1.54) is 24.3 Å². The maximum Gasteiger partial charge on any atom is 0.261 e. The number of carbonyl (C=O) groups is 1. The molecule has 0 unspecified atom stereocenters. The molecule has 2 N–H and O–H groups in total. The normalized spacial score (nSPS) is 11.3. The van der Waals surface area contributed by atoms with Gasteiger partial charge in [0.2, 0.25) is 0 Å². The minimum Gasteiger partial charge on any atom is -0.361 e. The lowest BCUT2D eigenvalue weighted by molar-refractivity contribution is -0.111. The molecule has 0 aliphatic rings. The minimum absolute atomic E-state index is 0.274. The summed E-state index contributed by atoms with van der Waals surface area (Å²) in [6.45, 7) is 3.77. The van der Waals surface area contributed by atoms with Gasteiger partial charge in [0.1, 0.15) is 11.4 Å². The van der Waals surface area contributed by atoms with Gasteiger partial charge in [0.25, 0.3) is 5.91 Å². The summed E-state index contributed by atoms with van der Waals surface area (Å²) in [6.07, 6.45) is 1.56. The Labute approximate surface area is 150 Å². The summed E-state index contributed by atoms with van der Waals surface area (Å²) in [5, 5.41) is 9.64. The molecule has 0 atom stereocenters. The van der Waals surface area contributed by atoms with Crippen LogP contribution in [0.4, 0.5) is 15.8 Å². The topological polar surface area (TPSA) is 67.2 Å². The first kappa shape index (κ1) is 17.4. The van der Waals surface area contributed by atoms with E-state index in [1.54, 1.807) is 19.2 Å². The zero-order valence-corrected chi connectivity index (χ0v) is 14.4. The van der Waals surface area contributed by atoms with Crippen LogP contribution >= 0.6 is 0 Å². The van der Waals surface area contributed by atoms with Crippen molar-refractivity contribution in [2.24, 2.45) is 0 Å². The van der Waals surface area contributed by atoms with Crippen molar-refractivity contribution in [2.45, 2.75) is 13.8 Å². The van der Waals surface area contributed by atoms with Gasteiger partial charge in [-0.2, -0.15) is 0 Å². The molecule has 1 heterocycles. The van der Waals surface area contributed by atoms with Crippen molar-refractivity contribution >= 4 is 22.9 Å². The first-order valence-corrected chi connectivity index (χ1v) is 8.05. The predicted molar refractivity (Wildman–Crippen MR) is 99.0 cm³/mol. The zero-order valence-electron chi connectivity index (χ0n) is 14.4. The van der Waals surface area contributed by atoms with E-state index in [-0.39, 0.29) is 11.4 Å². The molecule has 0 saturated carbocycles. The number of hydrogen-bond donors (Lipinski definition) is 2. The highest BCUT2D eigenvalue weighted by Gasteiger charge is 2.17. The number of nitrogens with one attached hydrogen (secondary N) is 2. The van der Waals surface area contributed by atoms with Gasteiger partial charge in [-0.05, 0) is 50.2 Å². The maximum atomic E-state index is 13.0. The number of nitrogens with zero attached hydrogens (tertiary/aromatic N) is 1. The van der Waals surface area contributed by atoms with Crippen LogP contribution in [-0.2, 0) is 4.79 Å². The van der Waals surface area contributed by atoms with E-state index in [9.17, 15) is 9.18 Å². The molecule has 0 radical (unpaired) electrons. The molecule has 3 aromatic rings. The average Bonchev–Trinajstić information content (AvgIpc) is 3.05. The maximum absolute atomic E-state index is 13.0. The number of halogens is 1. The molecule has 3 rings (SSSR count). The quantitative estimate of drug-likeness (QED) is 0.663. The molecule has 132 valence electrons. The third-order valence-electron chi connectivity index (χ3n) is 3.67. The molecule has 5 nitrogen and oxygen atoms in total. The molecule has 0 spiro atoms. The van der Waals surface area contributed by atoms with Crippen molar-refractivity contribution in [1.29, 1.82) is 0 Å².